The number of amides is 2. The van der Waals surface area contributed by atoms with Crippen molar-refractivity contribution in [1.82, 2.24) is 16.0 Å². The standard InChI is InChI=1S/C12H18N4O7S/c17-9(1-13-12(18)7-4-24-5-14-7)15-6-2-21-11-8(23-16(19)20)3-22-10(6)11/h6-8,10-11,14H,1-5H2,(H,13,18)(H,15,17)/t6-,7?,8-,10+,11+/m0/s1. The molecular weight excluding hydrogens is 344 g/mol. The summed E-state index contributed by atoms with van der Waals surface area (Å²) in [5, 5.41) is 17.8. The molecule has 0 aromatic heterocycles. The van der Waals surface area contributed by atoms with Crippen LogP contribution in [0.15, 0.2) is 0 Å². The van der Waals surface area contributed by atoms with Crippen LogP contribution < -0.4 is 16.0 Å². The third-order valence-electron chi connectivity index (χ3n) is 4.03. The van der Waals surface area contributed by atoms with Crippen LogP contribution >= 0.6 is 11.8 Å². The number of fused-ring (bicyclic) bond motifs is 1. The van der Waals surface area contributed by atoms with Crippen LogP contribution in [0.25, 0.3) is 0 Å². The summed E-state index contributed by atoms with van der Waals surface area (Å²) in [4.78, 5) is 38.7. The molecule has 0 aliphatic carbocycles. The first kappa shape index (κ1) is 17.2. The van der Waals surface area contributed by atoms with Crippen LogP contribution in [0.2, 0.25) is 0 Å². The van der Waals surface area contributed by atoms with Gasteiger partial charge >= 0.3 is 0 Å². The van der Waals surface area contributed by atoms with E-state index in [1.807, 2.05) is 0 Å². The zero-order chi connectivity index (χ0) is 17.1. The van der Waals surface area contributed by atoms with Gasteiger partial charge in [0.2, 0.25) is 11.8 Å². The highest BCUT2D eigenvalue weighted by Gasteiger charge is 2.49. The summed E-state index contributed by atoms with van der Waals surface area (Å²) in [5.74, 6) is 0.814. The van der Waals surface area contributed by atoms with Gasteiger partial charge in [0.05, 0.1) is 31.8 Å². The van der Waals surface area contributed by atoms with Gasteiger partial charge in [0.15, 0.2) is 6.10 Å². The molecule has 0 bridgehead atoms. The Morgan fingerprint density at radius 2 is 2.12 bits per heavy atom. The Hall–Kier alpha value is -1.63. The average Bonchev–Trinajstić information content (AvgIpc) is 3.25. The Kier molecular flexibility index (Phi) is 5.38. The first-order valence-electron chi connectivity index (χ1n) is 7.47. The highest BCUT2D eigenvalue weighted by Crippen LogP contribution is 2.28. The zero-order valence-electron chi connectivity index (χ0n) is 12.6. The lowest BCUT2D eigenvalue weighted by Gasteiger charge is -2.18. The van der Waals surface area contributed by atoms with Crippen molar-refractivity contribution in [2.75, 3.05) is 31.4 Å². The Labute approximate surface area is 141 Å². The molecule has 3 saturated heterocycles. The van der Waals surface area contributed by atoms with E-state index in [0.29, 0.717) is 5.75 Å². The third kappa shape index (κ3) is 3.88. The van der Waals surface area contributed by atoms with Gasteiger partial charge in [-0.1, -0.05) is 0 Å². The van der Waals surface area contributed by atoms with Gasteiger partial charge in [0, 0.05) is 11.6 Å². The van der Waals surface area contributed by atoms with Crippen LogP contribution in [0.3, 0.4) is 0 Å². The van der Waals surface area contributed by atoms with E-state index in [0.717, 1.165) is 5.88 Å². The molecule has 5 atom stereocenters. The van der Waals surface area contributed by atoms with Crippen molar-refractivity contribution >= 4 is 23.6 Å². The van der Waals surface area contributed by atoms with Crippen molar-refractivity contribution in [2.24, 2.45) is 0 Å². The molecule has 0 aromatic rings. The van der Waals surface area contributed by atoms with Crippen LogP contribution in [-0.2, 0) is 23.9 Å². The quantitative estimate of drug-likeness (QED) is 0.349. The van der Waals surface area contributed by atoms with E-state index >= 15 is 0 Å². The topological polar surface area (TPSA) is 141 Å². The molecule has 2 amide bonds. The number of thioether (sulfide) groups is 1. The van der Waals surface area contributed by atoms with Gasteiger partial charge in [-0.2, -0.15) is 0 Å². The van der Waals surface area contributed by atoms with Crippen molar-refractivity contribution in [3.8, 4) is 0 Å². The first-order chi connectivity index (χ1) is 11.5. The predicted molar refractivity (Wildman–Crippen MR) is 80.5 cm³/mol. The summed E-state index contributed by atoms with van der Waals surface area (Å²) in [7, 11) is 0. The van der Waals surface area contributed by atoms with Crippen molar-refractivity contribution in [1.29, 1.82) is 0 Å². The minimum Gasteiger partial charge on any atom is -0.371 e. The highest BCUT2D eigenvalue weighted by molar-refractivity contribution is 7.99. The summed E-state index contributed by atoms with van der Waals surface area (Å²) in [5.41, 5.74) is 0. The second-order valence-electron chi connectivity index (χ2n) is 5.63. The summed E-state index contributed by atoms with van der Waals surface area (Å²) in [6.45, 7) is 0.0578. The molecule has 0 spiro atoms. The molecule has 134 valence electrons. The molecule has 3 aliphatic heterocycles. The fourth-order valence-electron chi connectivity index (χ4n) is 2.90. The van der Waals surface area contributed by atoms with Gasteiger partial charge in [-0.25, -0.2) is 0 Å². The molecule has 3 heterocycles. The lowest BCUT2D eigenvalue weighted by molar-refractivity contribution is -0.769. The fourth-order valence-corrected chi connectivity index (χ4v) is 3.84. The fraction of sp³-hybridized carbons (Fsp3) is 0.833. The number of hydrogen-bond acceptors (Lipinski definition) is 9. The zero-order valence-corrected chi connectivity index (χ0v) is 13.5. The third-order valence-corrected chi connectivity index (χ3v) is 4.97. The minimum atomic E-state index is -0.878. The van der Waals surface area contributed by atoms with Gasteiger partial charge in [-0.3, -0.25) is 14.9 Å². The molecule has 0 radical (unpaired) electrons. The summed E-state index contributed by atoms with van der Waals surface area (Å²) in [6, 6.07) is -0.708. The van der Waals surface area contributed by atoms with Crippen LogP contribution in [0.5, 0.6) is 0 Å². The van der Waals surface area contributed by atoms with Gasteiger partial charge in [0.1, 0.15) is 12.2 Å². The summed E-state index contributed by atoms with van der Waals surface area (Å²) >= 11 is 1.62. The lowest BCUT2D eigenvalue weighted by atomic mass is 10.1. The number of nitrogens with zero attached hydrogens (tertiary/aromatic N) is 1. The Morgan fingerprint density at radius 1 is 1.33 bits per heavy atom. The largest absolute Gasteiger partial charge is 0.371 e. The van der Waals surface area contributed by atoms with E-state index in [1.165, 1.54) is 0 Å². The number of carbonyl (C=O) groups excluding carboxylic acids is 2. The molecule has 1 unspecified atom stereocenters. The maximum absolute atomic E-state index is 12.0. The van der Waals surface area contributed by atoms with Crippen LogP contribution in [-0.4, -0.2) is 78.7 Å². The van der Waals surface area contributed by atoms with E-state index in [4.69, 9.17) is 9.47 Å². The van der Waals surface area contributed by atoms with Gasteiger partial charge in [-0.05, 0) is 0 Å². The number of carbonyl (C=O) groups is 2. The Balaban J connectivity index is 1.42. The Bertz CT molecular complexity index is 516. The number of nitrogens with one attached hydrogen (secondary N) is 3. The van der Waals surface area contributed by atoms with Crippen molar-refractivity contribution in [3.63, 3.8) is 0 Å². The molecule has 3 N–H and O–H groups in total. The van der Waals surface area contributed by atoms with E-state index in [2.05, 4.69) is 20.8 Å². The molecule has 3 rings (SSSR count). The second kappa shape index (κ2) is 7.51. The second-order valence-corrected chi connectivity index (χ2v) is 6.66. The van der Waals surface area contributed by atoms with Gasteiger partial charge in [-0.15, -0.1) is 21.9 Å². The average molecular weight is 362 g/mol. The first-order valence-corrected chi connectivity index (χ1v) is 8.62. The van der Waals surface area contributed by atoms with Crippen molar-refractivity contribution < 1.29 is 29.0 Å². The van der Waals surface area contributed by atoms with Crippen LogP contribution in [0.1, 0.15) is 0 Å². The summed E-state index contributed by atoms with van der Waals surface area (Å²) < 4.78 is 10.9. The molecular formula is C12H18N4O7S. The molecule has 0 aromatic carbocycles. The van der Waals surface area contributed by atoms with E-state index < -0.39 is 29.4 Å². The number of rotatable bonds is 6. The smallest absolute Gasteiger partial charge is 0.294 e. The maximum Gasteiger partial charge on any atom is 0.294 e. The van der Waals surface area contributed by atoms with Crippen LogP contribution in [0.4, 0.5) is 0 Å². The predicted octanol–water partition coefficient (Wildman–Crippen LogP) is -2.38. The minimum absolute atomic E-state index is 0.0322. The monoisotopic (exact) mass is 362 g/mol. The number of hydrogen-bond donors (Lipinski definition) is 3. The molecule has 12 heteroatoms. The van der Waals surface area contributed by atoms with Crippen LogP contribution in [0, 0.1) is 10.1 Å². The normalized spacial score (nSPS) is 34.6. The van der Waals surface area contributed by atoms with E-state index in [1.54, 1.807) is 11.8 Å². The molecule has 11 nitrogen and oxygen atoms in total. The molecule has 24 heavy (non-hydrogen) atoms. The van der Waals surface area contributed by atoms with Gasteiger partial charge < -0.3 is 24.9 Å². The molecule has 0 saturated carbocycles. The summed E-state index contributed by atoms with van der Waals surface area (Å²) in [6.07, 6.45) is -1.88. The van der Waals surface area contributed by atoms with E-state index in [9.17, 15) is 19.7 Å². The lowest BCUT2D eigenvalue weighted by Crippen LogP contribution is -2.50. The molecule has 3 aliphatic rings. The van der Waals surface area contributed by atoms with Crippen molar-refractivity contribution in [3.05, 3.63) is 10.1 Å². The van der Waals surface area contributed by atoms with E-state index in [-0.39, 0.29) is 37.6 Å². The highest BCUT2D eigenvalue weighted by atomic mass is 32.2. The SMILES string of the molecule is O=C(CNC(=O)C1CSCN1)N[C@H]1CO[C@H]2[C@@H]1OC[C@@H]2O[N+](=O)[O-]. The maximum atomic E-state index is 12.0. The number of ether oxygens (including phenoxy) is 2. The van der Waals surface area contributed by atoms with Crippen molar-refractivity contribution in [2.45, 2.75) is 30.4 Å². The molecule has 3 fully saturated rings. The Morgan fingerprint density at radius 3 is 2.83 bits per heavy atom. The van der Waals surface area contributed by atoms with Gasteiger partial charge in [0.25, 0.3) is 5.09 Å².